The molecule has 0 spiro atoms. The highest BCUT2D eigenvalue weighted by atomic mass is 16.5. The Labute approximate surface area is 149 Å². The van der Waals surface area contributed by atoms with E-state index in [0.29, 0.717) is 6.54 Å². The van der Waals surface area contributed by atoms with Crippen LogP contribution in [0.4, 0.5) is 0 Å². The van der Waals surface area contributed by atoms with Crippen LogP contribution in [0.3, 0.4) is 0 Å². The fourth-order valence-corrected chi connectivity index (χ4v) is 2.26. The quantitative estimate of drug-likeness (QED) is 0.540. The third-order valence-electron chi connectivity index (χ3n) is 3.47. The molecule has 0 radical (unpaired) electrons. The Balaban J connectivity index is 1.81. The van der Waals surface area contributed by atoms with Gasteiger partial charge in [-0.3, -0.25) is 0 Å². The number of hydrogen-bond donors (Lipinski definition) is 2. The lowest BCUT2D eigenvalue weighted by molar-refractivity contribution is 0.229. The molecule has 1 aromatic carbocycles. The number of methoxy groups -OCH3 is 1. The van der Waals surface area contributed by atoms with Crippen molar-refractivity contribution in [3.05, 3.63) is 48.4 Å². The minimum atomic E-state index is -0.0485. The van der Waals surface area contributed by atoms with Crippen LogP contribution in [-0.2, 0) is 6.42 Å². The molecule has 1 unspecified atom stereocenters. The van der Waals surface area contributed by atoms with Crippen LogP contribution in [0.15, 0.2) is 52.1 Å². The summed E-state index contributed by atoms with van der Waals surface area (Å²) in [5, 5.41) is 6.53. The number of benzene rings is 1. The van der Waals surface area contributed by atoms with Crippen LogP contribution < -0.4 is 20.1 Å². The Bertz CT molecular complexity index is 641. The van der Waals surface area contributed by atoms with E-state index in [1.165, 1.54) is 0 Å². The van der Waals surface area contributed by atoms with Crippen molar-refractivity contribution in [2.45, 2.75) is 26.4 Å². The summed E-state index contributed by atoms with van der Waals surface area (Å²) in [7, 11) is 1.64. The average molecular weight is 345 g/mol. The van der Waals surface area contributed by atoms with Crippen LogP contribution in [0.25, 0.3) is 0 Å². The summed E-state index contributed by atoms with van der Waals surface area (Å²) in [5.74, 6) is 3.28. The van der Waals surface area contributed by atoms with Crippen molar-refractivity contribution in [1.29, 1.82) is 0 Å². The van der Waals surface area contributed by atoms with Crippen LogP contribution in [0, 0.1) is 0 Å². The van der Waals surface area contributed by atoms with Gasteiger partial charge in [0.1, 0.15) is 23.4 Å². The predicted molar refractivity (Wildman–Crippen MR) is 99.5 cm³/mol. The molecule has 2 rings (SSSR count). The summed E-state index contributed by atoms with van der Waals surface area (Å²) >= 11 is 0. The Morgan fingerprint density at radius 2 is 2.04 bits per heavy atom. The second kappa shape index (κ2) is 10.3. The van der Waals surface area contributed by atoms with Gasteiger partial charge in [0.05, 0.1) is 19.9 Å². The van der Waals surface area contributed by atoms with Crippen LogP contribution in [-0.4, -0.2) is 38.8 Å². The monoisotopic (exact) mass is 345 g/mol. The lowest BCUT2D eigenvalue weighted by Crippen LogP contribution is -2.39. The van der Waals surface area contributed by atoms with Gasteiger partial charge in [0.2, 0.25) is 0 Å². The standard InChI is InChI=1S/C19H27N3O3/c1-4-20-19(21-11-10-16-9-6-12-24-16)22-14-15(2)25-18-8-5-7-17(13-18)23-3/h5-9,12-13,15H,4,10-11,14H2,1-3H3,(H2,20,21,22). The maximum Gasteiger partial charge on any atom is 0.191 e. The molecule has 0 bridgehead atoms. The van der Waals surface area contributed by atoms with Gasteiger partial charge in [0.15, 0.2) is 5.96 Å². The molecule has 0 amide bonds. The number of hydrogen-bond acceptors (Lipinski definition) is 4. The highest BCUT2D eigenvalue weighted by Gasteiger charge is 2.06. The number of aliphatic imine (C=N–C) groups is 1. The molecule has 6 heteroatoms. The molecule has 0 saturated heterocycles. The summed E-state index contributed by atoms with van der Waals surface area (Å²) in [6.45, 7) is 6.14. The van der Waals surface area contributed by atoms with E-state index in [1.54, 1.807) is 13.4 Å². The highest BCUT2D eigenvalue weighted by Crippen LogP contribution is 2.19. The zero-order chi connectivity index (χ0) is 17.9. The van der Waals surface area contributed by atoms with Gasteiger partial charge in [-0.05, 0) is 38.1 Å². The van der Waals surface area contributed by atoms with Gasteiger partial charge in [0.25, 0.3) is 0 Å². The maximum atomic E-state index is 5.89. The molecule has 0 aliphatic carbocycles. The molecule has 2 aromatic rings. The van der Waals surface area contributed by atoms with Crippen molar-refractivity contribution in [2.75, 3.05) is 26.7 Å². The maximum absolute atomic E-state index is 5.89. The topological polar surface area (TPSA) is 68.0 Å². The number of furan rings is 1. The Morgan fingerprint density at radius 1 is 1.20 bits per heavy atom. The van der Waals surface area contributed by atoms with E-state index in [9.17, 15) is 0 Å². The zero-order valence-electron chi connectivity index (χ0n) is 15.1. The van der Waals surface area contributed by atoms with E-state index in [2.05, 4.69) is 15.6 Å². The average Bonchev–Trinajstić information content (AvgIpc) is 3.13. The fraction of sp³-hybridized carbons (Fsp3) is 0.421. The Morgan fingerprint density at radius 3 is 2.76 bits per heavy atom. The molecule has 1 heterocycles. The molecule has 6 nitrogen and oxygen atoms in total. The van der Waals surface area contributed by atoms with Crippen molar-refractivity contribution in [3.63, 3.8) is 0 Å². The minimum Gasteiger partial charge on any atom is -0.497 e. The third kappa shape index (κ3) is 6.79. The lowest BCUT2D eigenvalue weighted by atomic mass is 10.3. The number of ether oxygens (including phenoxy) is 2. The van der Waals surface area contributed by atoms with Gasteiger partial charge in [-0.15, -0.1) is 0 Å². The largest absolute Gasteiger partial charge is 0.497 e. The first-order chi connectivity index (χ1) is 12.2. The van der Waals surface area contributed by atoms with E-state index in [4.69, 9.17) is 13.9 Å². The predicted octanol–water partition coefficient (Wildman–Crippen LogP) is 2.85. The smallest absolute Gasteiger partial charge is 0.191 e. The summed E-state index contributed by atoms with van der Waals surface area (Å²) in [6, 6.07) is 11.4. The van der Waals surface area contributed by atoms with Gasteiger partial charge in [-0.25, -0.2) is 4.99 Å². The summed E-state index contributed by atoms with van der Waals surface area (Å²) in [6.07, 6.45) is 2.45. The Hall–Kier alpha value is -2.63. The minimum absolute atomic E-state index is 0.0485. The molecule has 2 N–H and O–H groups in total. The lowest BCUT2D eigenvalue weighted by Gasteiger charge is -2.15. The van der Waals surface area contributed by atoms with E-state index in [0.717, 1.165) is 42.7 Å². The van der Waals surface area contributed by atoms with Crippen LogP contribution in [0.5, 0.6) is 11.5 Å². The van der Waals surface area contributed by atoms with Crippen molar-refractivity contribution in [3.8, 4) is 11.5 Å². The number of nitrogens with one attached hydrogen (secondary N) is 2. The van der Waals surface area contributed by atoms with Crippen LogP contribution >= 0.6 is 0 Å². The van der Waals surface area contributed by atoms with E-state index >= 15 is 0 Å². The second-order valence-electron chi connectivity index (χ2n) is 5.58. The van der Waals surface area contributed by atoms with Gasteiger partial charge >= 0.3 is 0 Å². The summed E-state index contributed by atoms with van der Waals surface area (Å²) < 4.78 is 16.4. The van der Waals surface area contributed by atoms with Crippen molar-refractivity contribution in [2.24, 2.45) is 4.99 Å². The zero-order valence-corrected chi connectivity index (χ0v) is 15.1. The number of rotatable bonds is 9. The molecule has 136 valence electrons. The Kier molecular flexibility index (Phi) is 7.69. The first-order valence-corrected chi connectivity index (χ1v) is 8.56. The van der Waals surface area contributed by atoms with Crippen molar-refractivity contribution < 1.29 is 13.9 Å². The molecular formula is C19H27N3O3. The van der Waals surface area contributed by atoms with E-state index < -0.39 is 0 Å². The molecule has 0 saturated carbocycles. The van der Waals surface area contributed by atoms with Gasteiger partial charge in [0, 0.05) is 25.6 Å². The highest BCUT2D eigenvalue weighted by molar-refractivity contribution is 5.79. The summed E-state index contributed by atoms with van der Waals surface area (Å²) in [5.41, 5.74) is 0. The van der Waals surface area contributed by atoms with Crippen LogP contribution in [0.1, 0.15) is 19.6 Å². The first kappa shape index (κ1) is 18.7. The number of guanidine groups is 1. The normalized spacial score (nSPS) is 12.5. The van der Waals surface area contributed by atoms with Gasteiger partial charge < -0.3 is 24.5 Å². The number of nitrogens with zero attached hydrogens (tertiary/aromatic N) is 1. The van der Waals surface area contributed by atoms with Gasteiger partial charge in [-0.1, -0.05) is 6.07 Å². The SMILES string of the molecule is CCNC(=NCC(C)Oc1cccc(OC)c1)NCCc1ccco1. The fourth-order valence-electron chi connectivity index (χ4n) is 2.26. The molecular weight excluding hydrogens is 318 g/mol. The van der Waals surface area contributed by atoms with E-state index in [-0.39, 0.29) is 6.10 Å². The van der Waals surface area contributed by atoms with Crippen LogP contribution in [0.2, 0.25) is 0 Å². The third-order valence-corrected chi connectivity index (χ3v) is 3.47. The van der Waals surface area contributed by atoms with Crippen molar-refractivity contribution in [1.82, 2.24) is 10.6 Å². The first-order valence-electron chi connectivity index (χ1n) is 8.56. The molecule has 1 atom stereocenters. The van der Waals surface area contributed by atoms with Crippen molar-refractivity contribution >= 4 is 5.96 Å². The molecule has 1 aromatic heterocycles. The molecule has 0 fully saturated rings. The second-order valence-corrected chi connectivity index (χ2v) is 5.58. The molecule has 0 aliphatic heterocycles. The molecule has 0 aliphatic rings. The van der Waals surface area contributed by atoms with E-state index in [1.807, 2.05) is 50.2 Å². The summed E-state index contributed by atoms with van der Waals surface area (Å²) in [4.78, 5) is 4.58. The molecule has 25 heavy (non-hydrogen) atoms. The van der Waals surface area contributed by atoms with Gasteiger partial charge in [-0.2, -0.15) is 0 Å².